The summed E-state index contributed by atoms with van der Waals surface area (Å²) < 4.78 is 8.47. The van der Waals surface area contributed by atoms with E-state index in [0.29, 0.717) is 35.7 Å². The fourth-order valence-corrected chi connectivity index (χ4v) is 4.22. The van der Waals surface area contributed by atoms with E-state index in [9.17, 15) is 9.59 Å². The molecule has 0 saturated heterocycles. The fraction of sp³-hybridized carbons (Fsp3) is 0.400. The summed E-state index contributed by atoms with van der Waals surface area (Å²) in [6.07, 6.45) is 4.42. The van der Waals surface area contributed by atoms with Gasteiger partial charge in [-0.15, -0.1) is 0 Å². The minimum absolute atomic E-state index is 0.246. The molecule has 176 valence electrons. The Balaban J connectivity index is 1.56. The van der Waals surface area contributed by atoms with Crippen LogP contribution in [0.15, 0.2) is 52.1 Å². The van der Waals surface area contributed by atoms with E-state index >= 15 is 0 Å². The van der Waals surface area contributed by atoms with Crippen LogP contribution in [-0.4, -0.2) is 19.1 Å². The molecule has 9 nitrogen and oxygen atoms in total. The second-order valence-corrected chi connectivity index (χ2v) is 8.71. The molecule has 9 heteroatoms. The number of ether oxygens (including phenoxy) is 1. The van der Waals surface area contributed by atoms with Crippen LogP contribution in [0.1, 0.15) is 45.2 Å². The first-order valence-corrected chi connectivity index (χ1v) is 11.6. The normalized spacial score (nSPS) is 17.7. The molecule has 0 spiro atoms. The van der Waals surface area contributed by atoms with Crippen molar-refractivity contribution in [3.8, 4) is 17.7 Å². The van der Waals surface area contributed by atoms with Crippen LogP contribution in [0.25, 0.3) is 0 Å². The lowest BCUT2D eigenvalue weighted by Gasteiger charge is -2.27. The number of rotatable bonds is 7. The first kappa shape index (κ1) is 23.2. The fourth-order valence-electron chi connectivity index (χ4n) is 4.22. The summed E-state index contributed by atoms with van der Waals surface area (Å²) in [5.74, 6) is 2.20. The Kier molecular flexibility index (Phi) is 7.07. The lowest BCUT2D eigenvalue weighted by atomic mass is 9.83. The summed E-state index contributed by atoms with van der Waals surface area (Å²) >= 11 is 0. The van der Waals surface area contributed by atoms with E-state index in [1.54, 1.807) is 54.0 Å². The highest BCUT2D eigenvalue weighted by atomic mass is 16.5. The van der Waals surface area contributed by atoms with Crippen LogP contribution < -0.4 is 21.4 Å². The van der Waals surface area contributed by atoms with E-state index in [-0.39, 0.29) is 23.9 Å². The highest BCUT2D eigenvalue weighted by Crippen LogP contribution is 2.30. The van der Waals surface area contributed by atoms with Gasteiger partial charge in [-0.3, -0.25) is 4.57 Å². The van der Waals surface area contributed by atoms with Gasteiger partial charge in [-0.1, -0.05) is 25.8 Å². The number of anilines is 2. The molecule has 0 radical (unpaired) electrons. The summed E-state index contributed by atoms with van der Waals surface area (Å²) in [5, 5.41) is 12.1. The average Bonchev–Trinajstić information content (AvgIpc) is 2.84. The van der Waals surface area contributed by atoms with Gasteiger partial charge < -0.3 is 10.1 Å². The highest BCUT2D eigenvalue weighted by Gasteiger charge is 2.22. The third-order valence-corrected chi connectivity index (χ3v) is 6.21. The van der Waals surface area contributed by atoms with Crippen LogP contribution in [0, 0.1) is 23.2 Å². The molecule has 0 bridgehead atoms. The van der Waals surface area contributed by atoms with Crippen LogP contribution in [0.3, 0.4) is 0 Å². The van der Waals surface area contributed by atoms with Gasteiger partial charge in [0.25, 0.3) is 0 Å². The number of hydrogen-bond donors (Lipinski definition) is 1. The first-order chi connectivity index (χ1) is 16.5. The van der Waals surface area contributed by atoms with Crippen molar-refractivity contribution in [1.29, 1.82) is 5.26 Å². The number of nitrogens with zero attached hydrogens (tertiary/aromatic N) is 5. The number of nitriles is 1. The summed E-state index contributed by atoms with van der Waals surface area (Å²) in [7, 11) is 0. The molecular formula is C25H28N6O3. The van der Waals surface area contributed by atoms with Crippen molar-refractivity contribution in [2.45, 2.75) is 52.6 Å². The Morgan fingerprint density at radius 1 is 1.06 bits per heavy atom. The van der Waals surface area contributed by atoms with Crippen molar-refractivity contribution in [2.24, 2.45) is 11.8 Å². The average molecular weight is 461 g/mol. The number of pyridine rings is 1. The quantitative estimate of drug-likeness (QED) is 0.565. The summed E-state index contributed by atoms with van der Waals surface area (Å²) in [6.45, 7) is 4.84. The zero-order valence-corrected chi connectivity index (χ0v) is 19.4. The summed E-state index contributed by atoms with van der Waals surface area (Å²) in [6, 6.07) is 14.0. The second-order valence-electron chi connectivity index (χ2n) is 8.71. The molecule has 1 aromatic carbocycles. The van der Waals surface area contributed by atoms with Gasteiger partial charge in [0.2, 0.25) is 11.8 Å². The molecular weight excluding hydrogens is 432 g/mol. The third-order valence-electron chi connectivity index (χ3n) is 6.21. The smallest absolute Gasteiger partial charge is 0.354 e. The van der Waals surface area contributed by atoms with E-state index in [0.717, 1.165) is 30.3 Å². The maximum Gasteiger partial charge on any atom is 0.354 e. The van der Waals surface area contributed by atoms with Crippen LogP contribution >= 0.6 is 0 Å². The second kappa shape index (κ2) is 10.3. The third kappa shape index (κ3) is 5.34. The van der Waals surface area contributed by atoms with Crippen LogP contribution in [-0.2, 0) is 13.1 Å². The van der Waals surface area contributed by atoms with Gasteiger partial charge in [0, 0.05) is 24.8 Å². The molecule has 1 N–H and O–H groups in total. The van der Waals surface area contributed by atoms with Gasteiger partial charge in [-0.25, -0.2) is 19.1 Å². The monoisotopic (exact) mass is 460 g/mol. The minimum atomic E-state index is -0.563. The molecule has 2 heterocycles. The molecule has 1 aliphatic carbocycles. The molecule has 1 fully saturated rings. The predicted molar refractivity (Wildman–Crippen MR) is 128 cm³/mol. The lowest BCUT2D eigenvalue weighted by Crippen LogP contribution is -2.43. The molecule has 0 amide bonds. The Bertz CT molecular complexity index is 1300. The molecule has 4 rings (SSSR count). The van der Waals surface area contributed by atoms with E-state index in [4.69, 9.17) is 10.00 Å². The van der Waals surface area contributed by atoms with E-state index < -0.39 is 5.69 Å². The van der Waals surface area contributed by atoms with E-state index in [2.05, 4.69) is 22.2 Å². The van der Waals surface area contributed by atoms with Gasteiger partial charge in [0.1, 0.15) is 17.5 Å². The van der Waals surface area contributed by atoms with Gasteiger partial charge in [0.15, 0.2) is 0 Å². The van der Waals surface area contributed by atoms with E-state index in [1.807, 2.05) is 6.07 Å². The number of aromatic nitrogens is 4. The molecule has 2 aromatic heterocycles. The number of nitrogens with one attached hydrogen (secondary N) is 1. The predicted octanol–water partition coefficient (Wildman–Crippen LogP) is 4.05. The van der Waals surface area contributed by atoms with Gasteiger partial charge in [0.05, 0.1) is 0 Å². The molecule has 0 atom stereocenters. The molecule has 0 unspecified atom stereocenters. The van der Waals surface area contributed by atoms with Crippen LogP contribution in [0.4, 0.5) is 11.6 Å². The topological polar surface area (TPSA) is 115 Å². The lowest BCUT2D eigenvalue weighted by molar-refractivity contribution is 0.260. The Morgan fingerprint density at radius 3 is 2.47 bits per heavy atom. The maximum absolute atomic E-state index is 13.1. The minimum Gasteiger partial charge on any atom is -0.439 e. The number of benzene rings is 1. The number of hydrogen-bond acceptors (Lipinski definition) is 7. The molecule has 34 heavy (non-hydrogen) atoms. The Morgan fingerprint density at radius 2 is 1.79 bits per heavy atom. The zero-order valence-electron chi connectivity index (χ0n) is 19.4. The summed E-state index contributed by atoms with van der Waals surface area (Å²) in [4.78, 5) is 33.8. The summed E-state index contributed by atoms with van der Waals surface area (Å²) in [5.41, 5.74) is 0.0330. The maximum atomic E-state index is 13.1. The highest BCUT2D eigenvalue weighted by molar-refractivity contribution is 5.54. The van der Waals surface area contributed by atoms with Crippen molar-refractivity contribution < 1.29 is 4.74 Å². The van der Waals surface area contributed by atoms with Crippen molar-refractivity contribution in [3.63, 3.8) is 0 Å². The van der Waals surface area contributed by atoms with Gasteiger partial charge in [-0.05, 0) is 61.9 Å². The largest absolute Gasteiger partial charge is 0.439 e. The molecule has 3 aromatic rings. The Hall–Kier alpha value is -3.93. The molecule has 1 saturated carbocycles. The SMILES string of the molecule is CCn1c(=O)nc(Nc2ccc(Oc3cccc(C#N)n3)cc2)n(CC2CCC(C)CC2)c1=O. The van der Waals surface area contributed by atoms with Crippen molar-refractivity contribution >= 4 is 11.6 Å². The molecule has 1 aliphatic rings. The van der Waals surface area contributed by atoms with E-state index in [1.165, 1.54) is 0 Å². The van der Waals surface area contributed by atoms with Gasteiger partial charge >= 0.3 is 11.4 Å². The van der Waals surface area contributed by atoms with Crippen LogP contribution in [0.5, 0.6) is 11.6 Å². The van der Waals surface area contributed by atoms with Crippen molar-refractivity contribution in [2.75, 3.05) is 5.32 Å². The van der Waals surface area contributed by atoms with Crippen molar-refractivity contribution in [3.05, 3.63) is 69.1 Å². The standard InChI is InChI=1S/C25H28N6O3/c1-3-30-24(32)29-23(31(25(30)33)16-18-9-7-17(2)8-10-18)28-19-11-13-21(14-12-19)34-22-6-4-5-20(15-26)27-22/h4-6,11-14,17-18H,3,7-10,16H2,1-2H3,(H,28,29,32). The zero-order chi connectivity index (χ0) is 24.1. The van der Waals surface area contributed by atoms with Crippen LogP contribution in [0.2, 0.25) is 0 Å². The molecule has 0 aliphatic heterocycles. The van der Waals surface area contributed by atoms with Crippen molar-refractivity contribution in [1.82, 2.24) is 19.1 Å². The Labute approximate surface area is 197 Å². The first-order valence-electron chi connectivity index (χ1n) is 11.6. The van der Waals surface area contributed by atoms with Gasteiger partial charge in [-0.2, -0.15) is 10.2 Å².